The van der Waals surface area contributed by atoms with Crippen molar-refractivity contribution in [3.05, 3.63) is 28.1 Å². The van der Waals surface area contributed by atoms with Gasteiger partial charge in [-0.25, -0.2) is 0 Å². The fraction of sp³-hybridized carbons (Fsp3) is 0.500. The van der Waals surface area contributed by atoms with Crippen LogP contribution in [0.25, 0.3) is 0 Å². The molecule has 1 aromatic heterocycles. The van der Waals surface area contributed by atoms with E-state index < -0.39 is 29.6 Å². The van der Waals surface area contributed by atoms with Gasteiger partial charge in [-0.2, -0.15) is 0 Å². The van der Waals surface area contributed by atoms with Crippen LogP contribution in [0.1, 0.15) is 23.8 Å². The summed E-state index contributed by atoms with van der Waals surface area (Å²) in [5.41, 5.74) is -1.35. The molecule has 0 fully saturated rings. The van der Waals surface area contributed by atoms with Gasteiger partial charge in [0.05, 0.1) is 29.9 Å². The quantitative estimate of drug-likeness (QED) is 0.414. The summed E-state index contributed by atoms with van der Waals surface area (Å²) >= 11 is 0. The summed E-state index contributed by atoms with van der Waals surface area (Å²) in [6, 6.07) is 1.09. The lowest BCUT2D eigenvalue weighted by atomic mass is 9.98. The van der Waals surface area contributed by atoms with Gasteiger partial charge in [-0.1, -0.05) is 6.92 Å². The number of amides is 1. The van der Waals surface area contributed by atoms with Gasteiger partial charge in [0.1, 0.15) is 5.69 Å². The molecule has 0 spiro atoms. The first kappa shape index (κ1) is 14.1. The van der Waals surface area contributed by atoms with Crippen LogP contribution in [-0.4, -0.2) is 44.8 Å². The van der Waals surface area contributed by atoms with Crippen LogP contribution in [0.3, 0.4) is 0 Å². The Morgan fingerprint density at radius 3 is 2.56 bits per heavy atom. The minimum atomic E-state index is -1.13. The Balaban J connectivity index is 2.84. The van der Waals surface area contributed by atoms with E-state index in [-0.39, 0.29) is 11.4 Å². The van der Waals surface area contributed by atoms with Crippen LogP contribution in [0.5, 0.6) is 0 Å². The highest BCUT2D eigenvalue weighted by atomic mass is 16.6. The number of hydrogen-bond acceptors (Lipinski definition) is 5. The molecule has 0 aliphatic carbocycles. The fourth-order valence-corrected chi connectivity index (χ4v) is 1.37. The van der Waals surface area contributed by atoms with Crippen LogP contribution in [0.4, 0.5) is 5.69 Å². The van der Waals surface area contributed by atoms with Crippen LogP contribution in [0.2, 0.25) is 0 Å². The third-order valence-corrected chi connectivity index (χ3v) is 2.78. The molecule has 1 heterocycles. The minimum absolute atomic E-state index is 0.00132. The summed E-state index contributed by atoms with van der Waals surface area (Å²) in [5, 5.41) is 31.3. The number of rotatable bonds is 6. The highest BCUT2D eigenvalue weighted by Gasteiger charge is 2.29. The van der Waals surface area contributed by atoms with Gasteiger partial charge in [-0.3, -0.25) is 14.9 Å². The van der Waals surface area contributed by atoms with E-state index in [4.69, 9.17) is 0 Å². The number of aromatic amines is 1. The van der Waals surface area contributed by atoms with E-state index in [0.29, 0.717) is 6.42 Å². The minimum Gasteiger partial charge on any atom is -0.394 e. The van der Waals surface area contributed by atoms with E-state index in [1.165, 1.54) is 0 Å². The number of hydrogen-bond donors (Lipinski definition) is 4. The Morgan fingerprint density at radius 1 is 1.56 bits per heavy atom. The van der Waals surface area contributed by atoms with Crippen LogP contribution in [0, 0.1) is 10.1 Å². The van der Waals surface area contributed by atoms with Gasteiger partial charge in [0, 0.05) is 6.07 Å². The van der Waals surface area contributed by atoms with Gasteiger partial charge in [0.25, 0.3) is 11.6 Å². The molecule has 0 aliphatic heterocycles. The average Bonchev–Trinajstić information content (AvgIpc) is 2.86. The lowest BCUT2D eigenvalue weighted by Gasteiger charge is -2.29. The molecule has 8 nitrogen and oxygen atoms in total. The second-order valence-electron chi connectivity index (χ2n) is 3.93. The van der Waals surface area contributed by atoms with Gasteiger partial charge in [-0.05, 0) is 6.42 Å². The topological polar surface area (TPSA) is 128 Å². The maximum absolute atomic E-state index is 11.8. The molecule has 0 saturated heterocycles. The summed E-state index contributed by atoms with van der Waals surface area (Å²) in [6.45, 7) is 0.854. The van der Waals surface area contributed by atoms with Crippen LogP contribution >= 0.6 is 0 Å². The van der Waals surface area contributed by atoms with Crippen molar-refractivity contribution in [1.29, 1.82) is 0 Å². The molecule has 0 atom stereocenters. The van der Waals surface area contributed by atoms with Crippen molar-refractivity contribution in [2.75, 3.05) is 13.2 Å². The molecule has 100 valence electrons. The fourth-order valence-electron chi connectivity index (χ4n) is 1.37. The Labute approximate surface area is 103 Å². The first-order valence-electron chi connectivity index (χ1n) is 5.35. The molecule has 1 amide bonds. The van der Waals surface area contributed by atoms with E-state index in [2.05, 4.69) is 10.3 Å². The van der Waals surface area contributed by atoms with Crippen LogP contribution in [-0.2, 0) is 0 Å². The van der Waals surface area contributed by atoms with E-state index in [9.17, 15) is 25.1 Å². The van der Waals surface area contributed by atoms with E-state index >= 15 is 0 Å². The van der Waals surface area contributed by atoms with Gasteiger partial charge in [-0.15, -0.1) is 0 Å². The molecule has 0 unspecified atom stereocenters. The Kier molecular flexibility index (Phi) is 4.40. The van der Waals surface area contributed by atoms with Crippen molar-refractivity contribution < 1.29 is 19.9 Å². The first-order valence-corrected chi connectivity index (χ1v) is 5.35. The number of carbonyl (C=O) groups excluding carboxylic acids is 1. The lowest BCUT2D eigenvalue weighted by Crippen LogP contribution is -2.53. The SMILES string of the molecule is CCC(CO)(CO)NC(=O)c1cc([N+](=O)[O-])c[nH]1. The zero-order valence-corrected chi connectivity index (χ0v) is 9.84. The lowest BCUT2D eigenvalue weighted by molar-refractivity contribution is -0.384. The Bertz CT molecular complexity index is 430. The number of nitrogens with one attached hydrogen (secondary N) is 2. The van der Waals surface area contributed by atoms with Crippen molar-refractivity contribution in [2.45, 2.75) is 18.9 Å². The number of aliphatic hydroxyl groups excluding tert-OH is 2. The van der Waals surface area contributed by atoms with Gasteiger partial charge in [0.2, 0.25) is 0 Å². The van der Waals surface area contributed by atoms with Gasteiger partial charge < -0.3 is 20.5 Å². The standard InChI is InChI=1S/C10H15N3O5/c1-2-10(5-14,6-15)12-9(16)8-3-7(4-11-8)13(17)18/h3-4,11,14-15H,2,5-6H2,1H3,(H,12,16). The molecule has 0 saturated carbocycles. The van der Waals surface area contributed by atoms with Crippen molar-refractivity contribution in [3.63, 3.8) is 0 Å². The van der Waals surface area contributed by atoms with Crippen LogP contribution in [0.15, 0.2) is 12.3 Å². The molecule has 0 bridgehead atoms. The van der Waals surface area contributed by atoms with Crippen molar-refractivity contribution in [1.82, 2.24) is 10.3 Å². The van der Waals surface area contributed by atoms with E-state index in [1.807, 2.05) is 0 Å². The van der Waals surface area contributed by atoms with Gasteiger partial charge in [0.15, 0.2) is 0 Å². The zero-order valence-electron chi connectivity index (χ0n) is 9.84. The number of nitro groups is 1. The summed E-state index contributed by atoms with van der Waals surface area (Å²) < 4.78 is 0. The van der Waals surface area contributed by atoms with Crippen molar-refractivity contribution >= 4 is 11.6 Å². The van der Waals surface area contributed by atoms with Crippen LogP contribution < -0.4 is 5.32 Å². The largest absolute Gasteiger partial charge is 0.394 e. The molecule has 0 aliphatic rings. The van der Waals surface area contributed by atoms with E-state index in [1.54, 1.807) is 6.92 Å². The Hall–Kier alpha value is -1.93. The molecule has 1 rings (SSSR count). The summed E-state index contributed by atoms with van der Waals surface area (Å²) in [7, 11) is 0. The van der Waals surface area contributed by atoms with Gasteiger partial charge >= 0.3 is 0 Å². The third kappa shape index (κ3) is 2.84. The average molecular weight is 257 g/mol. The molecule has 4 N–H and O–H groups in total. The molecule has 1 aromatic rings. The first-order chi connectivity index (χ1) is 8.48. The van der Waals surface area contributed by atoms with Crippen molar-refractivity contribution in [2.24, 2.45) is 0 Å². The normalized spacial score (nSPS) is 11.3. The highest BCUT2D eigenvalue weighted by Crippen LogP contribution is 2.14. The number of H-pyrrole nitrogens is 1. The molecule has 0 radical (unpaired) electrons. The predicted octanol–water partition coefficient (Wildman–Crippen LogP) is -0.214. The van der Waals surface area contributed by atoms with E-state index in [0.717, 1.165) is 12.3 Å². The maximum Gasteiger partial charge on any atom is 0.287 e. The number of carbonyl (C=O) groups is 1. The Morgan fingerprint density at radius 2 is 2.17 bits per heavy atom. The third-order valence-electron chi connectivity index (χ3n) is 2.78. The molecule has 18 heavy (non-hydrogen) atoms. The smallest absolute Gasteiger partial charge is 0.287 e. The summed E-state index contributed by atoms with van der Waals surface area (Å²) in [5.74, 6) is -0.618. The number of nitrogens with zero attached hydrogens (tertiary/aromatic N) is 1. The molecular weight excluding hydrogens is 242 g/mol. The zero-order chi connectivity index (χ0) is 13.8. The maximum atomic E-state index is 11.8. The van der Waals surface area contributed by atoms with Crippen molar-refractivity contribution in [3.8, 4) is 0 Å². The summed E-state index contributed by atoms with van der Waals surface area (Å²) in [4.78, 5) is 24.1. The second kappa shape index (κ2) is 5.61. The predicted molar refractivity (Wildman–Crippen MR) is 62.1 cm³/mol. The monoisotopic (exact) mass is 257 g/mol. The number of aromatic nitrogens is 1. The number of aliphatic hydroxyl groups is 2. The molecule has 0 aromatic carbocycles. The molecular formula is C10H15N3O5. The molecule has 8 heteroatoms. The highest BCUT2D eigenvalue weighted by molar-refractivity contribution is 5.93. The summed E-state index contributed by atoms with van der Waals surface area (Å²) in [6.07, 6.45) is 1.43. The second-order valence-corrected chi connectivity index (χ2v) is 3.93.